The third kappa shape index (κ3) is 10.9. The molecule has 1 rings (SSSR count). The first kappa shape index (κ1) is 20.6. The molecule has 9 nitrogen and oxygen atoms in total. The highest BCUT2D eigenvalue weighted by atomic mass is 16.5. The first-order valence-corrected chi connectivity index (χ1v) is 8.27. The number of carboxylic acids is 1. The first-order chi connectivity index (χ1) is 12.0. The van der Waals surface area contributed by atoms with E-state index in [1.54, 1.807) is 0 Å². The van der Waals surface area contributed by atoms with Gasteiger partial charge in [-0.3, -0.25) is 19.2 Å². The third-order valence-corrected chi connectivity index (χ3v) is 3.47. The highest BCUT2D eigenvalue weighted by Gasteiger charge is 2.12. The first-order valence-electron chi connectivity index (χ1n) is 8.27. The van der Waals surface area contributed by atoms with Crippen LogP contribution in [0, 0.1) is 0 Å². The lowest BCUT2D eigenvalue weighted by atomic mass is 10.0. The molecule has 0 bridgehead atoms. The summed E-state index contributed by atoms with van der Waals surface area (Å²) in [6.07, 6.45) is 9.21. The Kier molecular flexibility index (Phi) is 9.91. The van der Waals surface area contributed by atoms with E-state index in [1.807, 2.05) is 6.08 Å². The average Bonchev–Trinajstić information content (AvgIpc) is 2.55. The second kappa shape index (κ2) is 12.0. The molecule has 9 heteroatoms. The summed E-state index contributed by atoms with van der Waals surface area (Å²) in [5, 5.41) is 15.2. The average molecular weight is 355 g/mol. The molecule has 3 amide bonds. The van der Waals surface area contributed by atoms with E-state index in [-0.39, 0.29) is 25.8 Å². The molecule has 0 saturated carbocycles. The molecular weight excluding hydrogens is 330 g/mol. The third-order valence-electron chi connectivity index (χ3n) is 3.47. The summed E-state index contributed by atoms with van der Waals surface area (Å²) in [7, 11) is 0. The standard InChI is InChI=1S/C16H25N3O6/c20-13(17-8-14(21)19-10-16(23)24)9-18-15(22)11-25-12-6-4-2-1-3-5-7-12/h4,6,12H,1-3,5,7-11H2,(H,17,20)(H,18,22)(H,19,21)(H,23,24)/b6-4-. The van der Waals surface area contributed by atoms with Gasteiger partial charge in [-0.05, 0) is 19.3 Å². The van der Waals surface area contributed by atoms with Crippen molar-refractivity contribution in [1.29, 1.82) is 0 Å². The maximum atomic E-state index is 11.7. The van der Waals surface area contributed by atoms with Crippen LogP contribution < -0.4 is 16.0 Å². The Labute approximate surface area is 146 Å². The van der Waals surface area contributed by atoms with Crippen LogP contribution in [-0.2, 0) is 23.9 Å². The summed E-state index contributed by atoms with van der Waals surface area (Å²) in [6, 6.07) is 0. The van der Waals surface area contributed by atoms with Gasteiger partial charge in [0.1, 0.15) is 13.2 Å². The van der Waals surface area contributed by atoms with Gasteiger partial charge in [-0.1, -0.05) is 25.0 Å². The fraction of sp³-hybridized carbons (Fsp3) is 0.625. The maximum absolute atomic E-state index is 11.7. The van der Waals surface area contributed by atoms with Gasteiger partial charge in [0.05, 0.1) is 19.2 Å². The number of carboxylic acid groups (broad SMARTS) is 1. The van der Waals surface area contributed by atoms with E-state index in [0.29, 0.717) is 0 Å². The van der Waals surface area contributed by atoms with Gasteiger partial charge in [-0.25, -0.2) is 0 Å². The minimum atomic E-state index is -1.17. The van der Waals surface area contributed by atoms with E-state index in [9.17, 15) is 19.2 Å². The number of rotatable bonds is 9. The quantitative estimate of drug-likeness (QED) is 0.405. The smallest absolute Gasteiger partial charge is 0.322 e. The lowest BCUT2D eigenvalue weighted by molar-refractivity contribution is -0.137. The highest BCUT2D eigenvalue weighted by molar-refractivity contribution is 5.89. The molecule has 0 heterocycles. The summed E-state index contributed by atoms with van der Waals surface area (Å²) in [6.45, 7) is -1.29. The van der Waals surface area contributed by atoms with Crippen molar-refractivity contribution >= 4 is 23.7 Å². The lowest BCUT2D eigenvalue weighted by Crippen LogP contribution is -2.43. The second-order valence-electron chi connectivity index (χ2n) is 5.64. The van der Waals surface area contributed by atoms with Gasteiger partial charge in [0.15, 0.2) is 0 Å². The Balaban J connectivity index is 2.13. The van der Waals surface area contributed by atoms with Crippen molar-refractivity contribution in [2.75, 3.05) is 26.2 Å². The molecule has 25 heavy (non-hydrogen) atoms. The van der Waals surface area contributed by atoms with Crippen LogP contribution >= 0.6 is 0 Å². The van der Waals surface area contributed by atoms with Crippen LogP contribution in [0.2, 0.25) is 0 Å². The fourth-order valence-electron chi connectivity index (χ4n) is 2.16. The van der Waals surface area contributed by atoms with Crippen molar-refractivity contribution in [3.05, 3.63) is 12.2 Å². The summed E-state index contributed by atoms with van der Waals surface area (Å²) in [4.78, 5) is 44.7. The van der Waals surface area contributed by atoms with Gasteiger partial charge in [-0.2, -0.15) is 0 Å². The van der Waals surface area contributed by atoms with Crippen LogP contribution in [0.1, 0.15) is 32.1 Å². The van der Waals surface area contributed by atoms with Crippen molar-refractivity contribution in [3.63, 3.8) is 0 Å². The number of carbonyl (C=O) groups is 4. The van der Waals surface area contributed by atoms with Gasteiger partial charge >= 0.3 is 5.97 Å². The molecule has 0 saturated heterocycles. The predicted octanol–water partition coefficient (Wildman–Crippen LogP) is -0.675. The van der Waals surface area contributed by atoms with Crippen LogP contribution in [0.4, 0.5) is 0 Å². The molecular formula is C16H25N3O6. The topological polar surface area (TPSA) is 134 Å². The Hall–Kier alpha value is -2.42. The number of carbonyl (C=O) groups excluding carboxylic acids is 3. The van der Waals surface area contributed by atoms with Gasteiger partial charge in [0, 0.05) is 0 Å². The van der Waals surface area contributed by atoms with Crippen molar-refractivity contribution in [3.8, 4) is 0 Å². The van der Waals surface area contributed by atoms with E-state index >= 15 is 0 Å². The number of aliphatic carboxylic acids is 1. The summed E-state index contributed by atoms with van der Waals surface area (Å²) in [5.74, 6) is -2.77. The van der Waals surface area contributed by atoms with Gasteiger partial charge in [0.2, 0.25) is 17.7 Å². The number of allylic oxidation sites excluding steroid dienone is 1. The van der Waals surface area contributed by atoms with Gasteiger partial charge in [-0.15, -0.1) is 0 Å². The molecule has 1 aliphatic carbocycles. The van der Waals surface area contributed by atoms with E-state index in [4.69, 9.17) is 9.84 Å². The Morgan fingerprint density at radius 3 is 2.24 bits per heavy atom. The Morgan fingerprint density at radius 1 is 0.920 bits per heavy atom. The minimum Gasteiger partial charge on any atom is -0.480 e. The van der Waals surface area contributed by atoms with Crippen molar-refractivity contribution in [1.82, 2.24) is 16.0 Å². The van der Waals surface area contributed by atoms with E-state index < -0.39 is 30.2 Å². The predicted molar refractivity (Wildman–Crippen MR) is 88.6 cm³/mol. The van der Waals surface area contributed by atoms with Crippen LogP contribution in [0.5, 0.6) is 0 Å². The number of amides is 3. The molecule has 1 unspecified atom stereocenters. The molecule has 0 aromatic heterocycles. The van der Waals surface area contributed by atoms with Crippen molar-refractivity contribution in [2.24, 2.45) is 0 Å². The van der Waals surface area contributed by atoms with E-state index in [1.165, 1.54) is 6.42 Å². The fourth-order valence-corrected chi connectivity index (χ4v) is 2.16. The SMILES string of the molecule is O=C(O)CNC(=O)CNC(=O)CNC(=O)COC1/C=C\CCCCC1. The van der Waals surface area contributed by atoms with Crippen LogP contribution in [0.15, 0.2) is 12.2 Å². The maximum Gasteiger partial charge on any atom is 0.322 e. The van der Waals surface area contributed by atoms with Crippen molar-refractivity contribution < 1.29 is 29.0 Å². The normalized spacial score (nSPS) is 18.3. The largest absolute Gasteiger partial charge is 0.480 e. The van der Waals surface area contributed by atoms with Crippen LogP contribution in [-0.4, -0.2) is 61.1 Å². The molecule has 4 N–H and O–H groups in total. The van der Waals surface area contributed by atoms with E-state index in [2.05, 4.69) is 22.0 Å². The molecule has 0 aromatic rings. The monoisotopic (exact) mass is 355 g/mol. The second-order valence-corrected chi connectivity index (χ2v) is 5.64. The van der Waals surface area contributed by atoms with Crippen LogP contribution in [0.3, 0.4) is 0 Å². The Morgan fingerprint density at radius 2 is 1.56 bits per heavy atom. The zero-order valence-corrected chi connectivity index (χ0v) is 14.1. The van der Waals surface area contributed by atoms with E-state index in [0.717, 1.165) is 25.7 Å². The zero-order valence-electron chi connectivity index (χ0n) is 14.1. The molecule has 1 aliphatic rings. The van der Waals surface area contributed by atoms with Crippen LogP contribution in [0.25, 0.3) is 0 Å². The molecule has 0 fully saturated rings. The number of ether oxygens (including phenoxy) is 1. The number of hydrogen-bond acceptors (Lipinski definition) is 5. The number of nitrogens with one attached hydrogen (secondary N) is 3. The zero-order chi connectivity index (χ0) is 18.5. The highest BCUT2D eigenvalue weighted by Crippen LogP contribution is 2.13. The molecule has 140 valence electrons. The minimum absolute atomic E-state index is 0.0854. The summed E-state index contributed by atoms with van der Waals surface area (Å²) in [5.41, 5.74) is 0. The molecule has 0 radical (unpaired) electrons. The number of hydrogen-bond donors (Lipinski definition) is 4. The lowest BCUT2D eigenvalue weighted by Gasteiger charge is -2.16. The molecule has 0 aromatic carbocycles. The summed E-state index contributed by atoms with van der Waals surface area (Å²) >= 11 is 0. The Bertz CT molecular complexity index is 506. The molecule has 0 aliphatic heterocycles. The molecule has 0 spiro atoms. The summed E-state index contributed by atoms with van der Waals surface area (Å²) < 4.78 is 5.51. The molecule has 1 atom stereocenters. The van der Waals surface area contributed by atoms with Gasteiger partial charge < -0.3 is 25.8 Å². The van der Waals surface area contributed by atoms with Gasteiger partial charge in [0.25, 0.3) is 0 Å². The van der Waals surface area contributed by atoms with Crippen molar-refractivity contribution in [2.45, 2.75) is 38.2 Å².